The van der Waals surface area contributed by atoms with Crippen LogP contribution in [0.4, 0.5) is 0 Å². The molecule has 1 fully saturated rings. The SMILES string of the molecule is O=C(O)c1c(C2CC2)nc2ncccn12. The predicted octanol–water partition coefficient (Wildman–Crippen LogP) is 1.30. The summed E-state index contributed by atoms with van der Waals surface area (Å²) in [5, 5.41) is 9.14. The summed E-state index contributed by atoms with van der Waals surface area (Å²) in [7, 11) is 0. The molecule has 2 aromatic heterocycles. The summed E-state index contributed by atoms with van der Waals surface area (Å²) in [4.78, 5) is 19.5. The first-order chi connectivity index (χ1) is 7.27. The van der Waals surface area contributed by atoms with E-state index in [2.05, 4.69) is 9.97 Å². The van der Waals surface area contributed by atoms with Gasteiger partial charge in [-0.15, -0.1) is 0 Å². The van der Waals surface area contributed by atoms with E-state index in [1.165, 1.54) is 4.40 Å². The van der Waals surface area contributed by atoms with Gasteiger partial charge in [0.15, 0.2) is 5.69 Å². The highest BCUT2D eigenvalue weighted by Gasteiger charge is 2.32. The van der Waals surface area contributed by atoms with Crippen LogP contribution >= 0.6 is 0 Å². The van der Waals surface area contributed by atoms with Crippen LogP contribution in [0, 0.1) is 0 Å². The molecule has 0 amide bonds. The van der Waals surface area contributed by atoms with Crippen LogP contribution in [0.2, 0.25) is 0 Å². The van der Waals surface area contributed by atoms with Crippen LogP contribution < -0.4 is 0 Å². The molecular formula is C10H9N3O2. The molecule has 0 spiro atoms. The maximum Gasteiger partial charge on any atom is 0.354 e. The first-order valence-corrected chi connectivity index (χ1v) is 4.83. The zero-order valence-corrected chi connectivity index (χ0v) is 7.92. The molecule has 76 valence electrons. The molecule has 15 heavy (non-hydrogen) atoms. The molecule has 0 aliphatic heterocycles. The third-order valence-corrected chi connectivity index (χ3v) is 2.60. The minimum absolute atomic E-state index is 0.264. The van der Waals surface area contributed by atoms with Crippen LogP contribution in [-0.4, -0.2) is 25.4 Å². The average Bonchev–Trinajstić information content (AvgIpc) is 2.98. The first-order valence-electron chi connectivity index (χ1n) is 4.83. The van der Waals surface area contributed by atoms with E-state index < -0.39 is 5.97 Å². The summed E-state index contributed by atoms with van der Waals surface area (Å²) in [6.07, 6.45) is 5.36. The highest BCUT2D eigenvalue weighted by atomic mass is 16.4. The summed E-state index contributed by atoms with van der Waals surface area (Å²) < 4.78 is 1.54. The van der Waals surface area contributed by atoms with Crippen molar-refractivity contribution in [1.82, 2.24) is 14.4 Å². The van der Waals surface area contributed by atoms with Crippen molar-refractivity contribution < 1.29 is 9.90 Å². The van der Waals surface area contributed by atoms with Gasteiger partial charge in [0.1, 0.15) is 0 Å². The number of hydrogen-bond donors (Lipinski definition) is 1. The highest BCUT2D eigenvalue weighted by Crippen LogP contribution is 2.41. The van der Waals surface area contributed by atoms with Gasteiger partial charge in [-0.3, -0.25) is 4.40 Å². The molecule has 0 radical (unpaired) electrons. The molecule has 2 heterocycles. The molecular weight excluding hydrogens is 194 g/mol. The van der Waals surface area contributed by atoms with Crippen LogP contribution in [0.1, 0.15) is 34.9 Å². The number of carboxylic acids is 1. The molecule has 1 aliphatic rings. The number of imidazole rings is 1. The number of fused-ring (bicyclic) bond motifs is 1. The summed E-state index contributed by atoms with van der Waals surface area (Å²) in [5.74, 6) is -0.146. The average molecular weight is 203 g/mol. The Bertz CT molecular complexity index is 543. The van der Waals surface area contributed by atoms with Gasteiger partial charge in [0, 0.05) is 18.3 Å². The van der Waals surface area contributed by atoms with E-state index >= 15 is 0 Å². The standard InChI is InChI=1S/C10H9N3O2/c14-9(15)8-7(6-2-3-6)12-10-11-4-1-5-13(8)10/h1,4-6H,2-3H2,(H,14,15). The van der Waals surface area contributed by atoms with Gasteiger partial charge in [0.05, 0.1) is 5.69 Å². The normalized spacial score (nSPS) is 15.7. The van der Waals surface area contributed by atoms with Crippen molar-refractivity contribution in [2.75, 3.05) is 0 Å². The number of nitrogens with zero attached hydrogens (tertiary/aromatic N) is 3. The number of carbonyl (C=O) groups is 1. The van der Waals surface area contributed by atoms with E-state index in [1.54, 1.807) is 18.5 Å². The lowest BCUT2D eigenvalue weighted by Crippen LogP contribution is -2.04. The Morgan fingerprint density at radius 3 is 3.00 bits per heavy atom. The zero-order valence-electron chi connectivity index (χ0n) is 7.92. The van der Waals surface area contributed by atoms with E-state index in [0.717, 1.165) is 12.8 Å². The Kier molecular flexibility index (Phi) is 1.56. The Morgan fingerprint density at radius 2 is 2.33 bits per heavy atom. The van der Waals surface area contributed by atoms with Gasteiger partial charge in [0.2, 0.25) is 5.78 Å². The maximum absolute atomic E-state index is 11.1. The van der Waals surface area contributed by atoms with Gasteiger partial charge in [0.25, 0.3) is 0 Å². The molecule has 0 atom stereocenters. The Morgan fingerprint density at radius 1 is 1.53 bits per heavy atom. The second-order valence-electron chi connectivity index (χ2n) is 3.71. The van der Waals surface area contributed by atoms with Gasteiger partial charge < -0.3 is 5.11 Å². The van der Waals surface area contributed by atoms with Gasteiger partial charge in [-0.05, 0) is 18.9 Å². The number of aromatic carboxylic acids is 1. The molecule has 5 nitrogen and oxygen atoms in total. The van der Waals surface area contributed by atoms with Crippen LogP contribution in [-0.2, 0) is 0 Å². The lowest BCUT2D eigenvalue weighted by molar-refractivity contribution is 0.0688. The lowest BCUT2D eigenvalue weighted by atomic mass is 10.2. The van der Waals surface area contributed by atoms with E-state index in [-0.39, 0.29) is 5.69 Å². The fraction of sp³-hybridized carbons (Fsp3) is 0.300. The van der Waals surface area contributed by atoms with Crippen LogP contribution in [0.3, 0.4) is 0 Å². The van der Waals surface area contributed by atoms with E-state index in [0.29, 0.717) is 17.4 Å². The van der Waals surface area contributed by atoms with Crippen LogP contribution in [0.15, 0.2) is 18.5 Å². The fourth-order valence-corrected chi connectivity index (χ4v) is 1.76. The molecule has 5 heteroatoms. The Balaban J connectivity index is 2.33. The molecule has 0 unspecified atom stereocenters. The minimum Gasteiger partial charge on any atom is -0.477 e. The second kappa shape index (κ2) is 2.79. The molecule has 0 saturated heterocycles. The second-order valence-corrected chi connectivity index (χ2v) is 3.71. The van der Waals surface area contributed by atoms with E-state index in [1.807, 2.05) is 0 Å². The number of rotatable bonds is 2. The van der Waals surface area contributed by atoms with Crippen molar-refractivity contribution in [3.8, 4) is 0 Å². The van der Waals surface area contributed by atoms with Crippen molar-refractivity contribution in [3.05, 3.63) is 29.8 Å². The molecule has 1 saturated carbocycles. The monoisotopic (exact) mass is 203 g/mol. The molecule has 2 aromatic rings. The van der Waals surface area contributed by atoms with E-state index in [9.17, 15) is 4.79 Å². The van der Waals surface area contributed by atoms with Crippen molar-refractivity contribution in [1.29, 1.82) is 0 Å². The van der Waals surface area contributed by atoms with Crippen molar-refractivity contribution in [2.45, 2.75) is 18.8 Å². The Labute approximate surface area is 85.4 Å². The van der Waals surface area contributed by atoms with Crippen LogP contribution in [0.25, 0.3) is 5.78 Å². The molecule has 3 rings (SSSR count). The quantitative estimate of drug-likeness (QED) is 0.798. The Hall–Kier alpha value is -1.91. The van der Waals surface area contributed by atoms with Crippen LogP contribution in [0.5, 0.6) is 0 Å². The number of hydrogen-bond acceptors (Lipinski definition) is 3. The number of carboxylic acid groups (broad SMARTS) is 1. The van der Waals surface area contributed by atoms with Gasteiger partial charge in [-0.2, -0.15) is 0 Å². The third kappa shape index (κ3) is 1.20. The first kappa shape index (κ1) is 8.40. The lowest BCUT2D eigenvalue weighted by Gasteiger charge is -1.96. The number of aromatic nitrogens is 3. The molecule has 0 aromatic carbocycles. The van der Waals surface area contributed by atoms with Gasteiger partial charge in [-0.1, -0.05) is 0 Å². The summed E-state index contributed by atoms with van der Waals surface area (Å²) >= 11 is 0. The van der Waals surface area contributed by atoms with Crippen molar-refractivity contribution in [3.63, 3.8) is 0 Å². The maximum atomic E-state index is 11.1. The largest absolute Gasteiger partial charge is 0.477 e. The van der Waals surface area contributed by atoms with Gasteiger partial charge in [-0.25, -0.2) is 14.8 Å². The topological polar surface area (TPSA) is 67.5 Å². The molecule has 1 N–H and O–H groups in total. The smallest absolute Gasteiger partial charge is 0.354 e. The summed E-state index contributed by atoms with van der Waals surface area (Å²) in [6, 6.07) is 1.71. The zero-order chi connectivity index (χ0) is 10.4. The fourth-order valence-electron chi connectivity index (χ4n) is 1.76. The predicted molar refractivity (Wildman–Crippen MR) is 51.9 cm³/mol. The van der Waals surface area contributed by atoms with E-state index in [4.69, 9.17) is 5.11 Å². The van der Waals surface area contributed by atoms with Gasteiger partial charge >= 0.3 is 5.97 Å². The van der Waals surface area contributed by atoms with Crippen molar-refractivity contribution in [2.24, 2.45) is 0 Å². The third-order valence-electron chi connectivity index (χ3n) is 2.60. The highest BCUT2D eigenvalue weighted by molar-refractivity contribution is 5.88. The molecule has 0 bridgehead atoms. The summed E-state index contributed by atoms with van der Waals surface area (Å²) in [5.41, 5.74) is 0.946. The summed E-state index contributed by atoms with van der Waals surface area (Å²) in [6.45, 7) is 0. The minimum atomic E-state index is -0.933. The molecule has 1 aliphatic carbocycles. The van der Waals surface area contributed by atoms with Crippen molar-refractivity contribution >= 4 is 11.7 Å².